The Morgan fingerprint density at radius 1 is 0.931 bits per heavy atom. The number of aryl methyl sites for hydroxylation is 1. The zero-order valence-corrected chi connectivity index (χ0v) is 35.1. The highest BCUT2D eigenvalue weighted by molar-refractivity contribution is 7.91. The zero-order valence-electron chi connectivity index (χ0n) is 34.3. The summed E-state index contributed by atoms with van der Waals surface area (Å²) in [6, 6.07) is 6.20. The third-order valence-corrected chi connectivity index (χ3v) is 15.2. The minimum absolute atomic E-state index is 0.0695. The van der Waals surface area contributed by atoms with Gasteiger partial charge in [0.2, 0.25) is 21.8 Å². The van der Waals surface area contributed by atoms with Crippen LogP contribution in [0.2, 0.25) is 0 Å². The molecule has 3 N–H and O–H groups in total. The Morgan fingerprint density at radius 3 is 2.43 bits per heavy atom. The van der Waals surface area contributed by atoms with Crippen LogP contribution >= 0.6 is 0 Å². The van der Waals surface area contributed by atoms with Crippen molar-refractivity contribution in [2.24, 2.45) is 17.8 Å². The van der Waals surface area contributed by atoms with Crippen LogP contribution in [-0.2, 0) is 35.6 Å². The van der Waals surface area contributed by atoms with Gasteiger partial charge >= 0.3 is 6.09 Å². The lowest BCUT2D eigenvalue weighted by Crippen LogP contribution is -2.59. The van der Waals surface area contributed by atoms with Gasteiger partial charge in [-0.2, -0.15) is 0 Å². The van der Waals surface area contributed by atoms with Crippen LogP contribution in [0.4, 0.5) is 4.79 Å². The van der Waals surface area contributed by atoms with E-state index in [1.165, 1.54) is 0 Å². The number of hydrogen-bond donors (Lipinski definition) is 3. The third kappa shape index (κ3) is 9.34. The number of hydrogen-bond acceptors (Lipinski definition) is 10. The molecule has 15 heteroatoms. The Kier molecular flexibility index (Phi) is 13.0. The molecule has 1 unspecified atom stereocenters. The maximum Gasteiger partial charge on any atom is 0.408 e. The molecule has 1 saturated heterocycles. The van der Waals surface area contributed by atoms with Gasteiger partial charge in [0.05, 0.1) is 30.7 Å². The fraction of sp³-hybridized carbons (Fsp3) is 0.698. The quantitative estimate of drug-likeness (QED) is 0.158. The van der Waals surface area contributed by atoms with Gasteiger partial charge in [-0.1, -0.05) is 39.0 Å². The molecule has 5 fully saturated rings. The SMILES string of the molecule is CC[C@@H]1C[C@]1(NC(=O)[C@@H]1CCCN1C(=O)C(NC(=O)O[C@@H]1CCC[C@H]1CCCCCc1nc2ccc(OC)cc2cc1OC)C1CCCC1)C(=O)NS(=O)(=O)C1CC1. The van der Waals surface area contributed by atoms with Crippen molar-refractivity contribution in [2.45, 2.75) is 151 Å². The van der Waals surface area contributed by atoms with Gasteiger partial charge in [-0.25, -0.2) is 18.2 Å². The molecule has 2 aromatic rings. The average molecular weight is 824 g/mol. The smallest absolute Gasteiger partial charge is 0.408 e. The van der Waals surface area contributed by atoms with Crippen molar-refractivity contribution in [3.05, 3.63) is 30.0 Å². The van der Waals surface area contributed by atoms with Crippen molar-refractivity contribution in [3.63, 3.8) is 0 Å². The van der Waals surface area contributed by atoms with Crippen LogP contribution < -0.4 is 24.8 Å². The molecule has 6 atom stereocenters. The average Bonchev–Trinajstić information content (AvgIpc) is 3.97. The molecular formula is C43H61N5O9S. The summed E-state index contributed by atoms with van der Waals surface area (Å²) in [5, 5.41) is 6.26. The van der Waals surface area contributed by atoms with Gasteiger partial charge in [-0.3, -0.25) is 19.1 Å². The number of aromatic nitrogens is 1. The van der Waals surface area contributed by atoms with Crippen molar-refractivity contribution >= 4 is 44.7 Å². The number of ether oxygens (including phenoxy) is 3. The highest BCUT2D eigenvalue weighted by Gasteiger charge is 2.62. The van der Waals surface area contributed by atoms with Gasteiger partial charge in [0.1, 0.15) is 35.2 Å². The lowest BCUT2D eigenvalue weighted by Gasteiger charge is -2.32. The number of rotatable bonds is 18. The van der Waals surface area contributed by atoms with Crippen molar-refractivity contribution < 1.29 is 41.8 Å². The van der Waals surface area contributed by atoms with E-state index in [4.69, 9.17) is 19.2 Å². The number of nitrogens with zero attached hydrogens (tertiary/aromatic N) is 2. The molecule has 318 valence electrons. The fourth-order valence-electron chi connectivity index (χ4n) is 9.77. The van der Waals surface area contributed by atoms with E-state index in [1.54, 1.807) is 19.1 Å². The summed E-state index contributed by atoms with van der Waals surface area (Å²) in [5.74, 6) is 0.0679. The minimum atomic E-state index is -3.79. The molecule has 4 aliphatic carbocycles. The van der Waals surface area contributed by atoms with E-state index in [-0.39, 0.29) is 29.8 Å². The fourth-order valence-corrected chi connectivity index (χ4v) is 11.1. The summed E-state index contributed by atoms with van der Waals surface area (Å²) in [5.41, 5.74) is 0.529. The van der Waals surface area contributed by atoms with Gasteiger partial charge in [0.15, 0.2) is 0 Å². The van der Waals surface area contributed by atoms with Crippen LogP contribution in [0.5, 0.6) is 11.5 Å². The number of benzene rings is 1. The molecular weight excluding hydrogens is 763 g/mol. The monoisotopic (exact) mass is 823 g/mol. The Balaban J connectivity index is 0.917. The Morgan fingerprint density at radius 2 is 1.72 bits per heavy atom. The first-order chi connectivity index (χ1) is 28.0. The number of nitrogens with one attached hydrogen (secondary N) is 3. The molecule has 1 aliphatic heterocycles. The number of carbonyl (C=O) groups excluding carboxylic acids is 4. The molecule has 0 spiro atoms. The number of methoxy groups -OCH3 is 2. The molecule has 0 bridgehead atoms. The molecule has 4 saturated carbocycles. The number of alkyl carbamates (subject to hydrolysis) is 1. The van der Waals surface area contributed by atoms with E-state index in [2.05, 4.69) is 15.4 Å². The third-order valence-electron chi connectivity index (χ3n) is 13.4. The highest BCUT2D eigenvalue weighted by atomic mass is 32.2. The highest BCUT2D eigenvalue weighted by Crippen LogP contribution is 2.47. The lowest BCUT2D eigenvalue weighted by atomic mass is 9.96. The topological polar surface area (TPSA) is 182 Å². The summed E-state index contributed by atoms with van der Waals surface area (Å²) in [4.78, 5) is 61.5. The molecule has 0 radical (unpaired) electrons. The molecule has 14 nitrogen and oxygen atoms in total. The van der Waals surface area contributed by atoms with Crippen LogP contribution in [0.1, 0.15) is 122 Å². The van der Waals surface area contributed by atoms with E-state index < -0.39 is 50.8 Å². The summed E-state index contributed by atoms with van der Waals surface area (Å²) in [6.45, 7) is 2.26. The van der Waals surface area contributed by atoms with E-state index in [0.29, 0.717) is 45.1 Å². The number of pyridine rings is 1. The molecule has 58 heavy (non-hydrogen) atoms. The minimum Gasteiger partial charge on any atom is -0.497 e. The van der Waals surface area contributed by atoms with Crippen LogP contribution in [0, 0.1) is 17.8 Å². The van der Waals surface area contributed by atoms with Crippen molar-refractivity contribution in [1.29, 1.82) is 0 Å². The van der Waals surface area contributed by atoms with E-state index in [9.17, 15) is 27.6 Å². The number of sulfonamides is 1. The van der Waals surface area contributed by atoms with Crippen molar-refractivity contribution in [1.82, 2.24) is 25.2 Å². The van der Waals surface area contributed by atoms with Gasteiger partial charge in [0.25, 0.3) is 5.91 Å². The number of carbonyl (C=O) groups is 4. The molecule has 1 aromatic carbocycles. The first kappa shape index (κ1) is 42.0. The number of amides is 4. The van der Waals surface area contributed by atoms with Crippen molar-refractivity contribution in [3.8, 4) is 11.5 Å². The lowest BCUT2D eigenvalue weighted by molar-refractivity contribution is -0.142. The summed E-state index contributed by atoms with van der Waals surface area (Å²) >= 11 is 0. The Hall–Kier alpha value is -4.14. The molecule has 7 rings (SSSR count). The van der Waals surface area contributed by atoms with Gasteiger partial charge in [-0.05, 0) is 125 Å². The summed E-state index contributed by atoms with van der Waals surface area (Å²) in [7, 11) is -0.475. The van der Waals surface area contributed by atoms with E-state index in [1.807, 2.05) is 31.2 Å². The second-order valence-electron chi connectivity index (χ2n) is 17.2. The Labute approximate surface area is 342 Å². The normalized spacial score (nSPS) is 26.3. The zero-order chi connectivity index (χ0) is 41.0. The van der Waals surface area contributed by atoms with E-state index in [0.717, 1.165) is 105 Å². The summed E-state index contributed by atoms with van der Waals surface area (Å²) < 4.78 is 44.5. The number of unbranched alkanes of at least 4 members (excludes halogenated alkanes) is 2. The predicted molar refractivity (Wildman–Crippen MR) is 218 cm³/mol. The first-order valence-electron chi connectivity index (χ1n) is 21.6. The van der Waals surface area contributed by atoms with Gasteiger partial charge < -0.3 is 29.7 Å². The van der Waals surface area contributed by atoms with Crippen LogP contribution in [-0.4, -0.2) is 91.9 Å². The number of likely N-dealkylation sites (tertiary alicyclic amines) is 1. The maximum absolute atomic E-state index is 14.3. The van der Waals surface area contributed by atoms with Crippen molar-refractivity contribution in [2.75, 3.05) is 20.8 Å². The van der Waals surface area contributed by atoms with Gasteiger partial charge in [0, 0.05) is 11.9 Å². The molecule has 5 aliphatic rings. The Bertz CT molecular complexity index is 1950. The largest absolute Gasteiger partial charge is 0.497 e. The standard InChI is InChI=1S/C43H61N5O9S/c1-4-30-26-43(30,41(51)47-58(53,54)32-20-21-32)46-39(49)35-17-11-23-48(35)40(50)38(28-13-8-9-14-28)45-42(52)57-36-18-10-15-27(36)12-6-5-7-16-34-37(56-3)25-29-24-31(55-2)19-22-33(29)44-34/h19,22,24-25,27-28,30,32,35-36,38H,4-18,20-21,23,26H2,1-3H3,(H,45,52)(H,46,49)(H,47,51)/t27-,30-,35+,36-,38?,43-/m1/s1. The van der Waals surface area contributed by atoms with Crippen LogP contribution in [0.15, 0.2) is 24.3 Å². The second-order valence-corrected chi connectivity index (χ2v) is 19.2. The van der Waals surface area contributed by atoms with Crippen LogP contribution in [0.3, 0.4) is 0 Å². The van der Waals surface area contributed by atoms with Gasteiger partial charge in [-0.15, -0.1) is 0 Å². The number of fused-ring (bicyclic) bond motifs is 1. The molecule has 4 amide bonds. The summed E-state index contributed by atoms with van der Waals surface area (Å²) in [6.07, 6.45) is 13.1. The maximum atomic E-state index is 14.3. The molecule has 1 aromatic heterocycles. The molecule has 2 heterocycles. The van der Waals surface area contributed by atoms with Crippen LogP contribution in [0.25, 0.3) is 10.9 Å². The predicted octanol–water partition coefficient (Wildman–Crippen LogP) is 5.69. The van der Waals surface area contributed by atoms with E-state index >= 15 is 0 Å². The first-order valence-corrected chi connectivity index (χ1v) is 23.2. The second kappa shape index (κ2) is 18.0.